The third-order valence-corrected chi connectivity index (χ3v) is 6.83. The number of rotatable bonds is 9. The van der Waals surface area contributed by atoms with Crippen molar-refractivity contribution in [3.8, 4) is 16.8 Å². The summed E-state index contributed by atoms with van der Waals surface area (Å²) in [4.78, 5) is 15.7. The van der Waals surface area contributed by atoms with Crippen molar-refractivity contribution >= 4 is 34.7 Å². The van der Waals surface area contributed by atoms with E-state index < -0.39 is 0 Å². The third-order valence-electron chi connectivity index (χ3n) is 5.01. The van der Waals surface area contributed by atoms with Crippen LogP contribution in [-0.4, -0.2) is 45.7 Å². The van der Waals surface area contributed by atoms with Gasteiger partial charge in [0.1, 0.15) is 0 Å². The zero-order chi connectivity index (χ0) is 21.5. The molecule has 1 aliphatic rings. The topological polar surface area (TPSA) is 84.0 Å². The second-order valence-electron chi connectivity index (χ2n) is 7.11. The molecular formula is C22H23N5O2S2. The molecule has 0 N–H and O–H groups in total. The van der Waals surface area contributed by atoms with Gasteiger partial charge in [0.05, 0.1) is 35.8 Å². The number of ether oxygens (including phenoxy) is 1. The zero-order valence-corrected chi connectivity index (χ0v) is 18.6. The highest BCUT2D eigenvalue weighted by Gasteiger charge is 2.23. The van der Waals surface area contributed by atoms with Crippen LogP contribution in [0.1, 0.15) is 19.3 Å². The lowest BCUT2D eigenvalue weighted by Crippen LogP contribution is -2.33. The highest BCUT2D eigenvalue weighted by molar-refractivity contribution is 7.99. The average Bonchev–Trinajstić information content (AvgIpc) is 3.56. The molecule has 0 spiro atoms. The number of benzene rings is 1. The van der Waals surface area contributed by atoms with Crippen molar-refractivity contribution in [2.45, 2.75) is 37.1 Å². The lowest BCUT2D eigenvalue weighted by molar-refractivity contribution is -0.116. The fraction of sp³-hybridized carbons (Fsp3) is 0.364. The van der Waals surface area contributed by atoms with E-state index in [1.807, 2.05) is 47.8 Å². The fourth-order valence-corrected chi connectivity index (χ4v) is 5.05. The van der Waals surface area contributed by atoms with Crippen LogP contribution in [0.3, 0.4) is 0 Å². The summed E-state index contributed by atoms with van der Waals surface area (Å²) < 4.78 is 7.90. The summed E-state index contributed by atoms with van der Waals surface area (Å²) in [5.74, 6) is 0.967. The number of hydrogen-bond acceptors (Lipinski definition) is 7. The van der Waals surface area contributed by atoms with E-state index >= 15 is 0 Å². The Kier molecular flexibility index (Phi) is 7.35. The molecule has 0 saturated carbocycles. The number of hydrogen-bond donors (Lipinski definition) is 0. The van der Waals surface area contributed by atoms with Crippen LogP contribution in [0.5, 0.6) is 0 Å². The first-order valence-corrected chi connectivity index (χ1v) is 12.1. The summed E-state index contributed by atoms with van der Waals surface area (Å²) in [6.45, 7) is 1.82. The van der Waals surface area contributed by atoms with Gasteiger partial charge in [0, 0.05) is 18.8 Å². The van der Waals surface area contributed by atoms with Crippen molar-refractivity contribution in [2.24, 2.45) is 0 Å². The zero-order valence-electron chi connectivity index (χ0n) is 17.0. The molecule has 31 heavy (non-hydrogen) atoms. The van der Waals surface area contributed by atoms with Crippen molar-refractivity contribution in [3.63, 3.8) is 0 Å². The van der Waals surface area contributed by atoms with Gasteiger partial charge in [-0.3, -0.25) is 9.36 Å². The molecule has 1 aliphatic heterocycles. The van der Waals surface area contributed by atoms with Crippen LogP contribution in [0.2, 0.25) is 0 Å². The van der Waals surface area contributed by atoms with Crippen molar-refractivity contribution in [2.75, 3.05) is 23.8 Å². The Bertz CT molecular complexity index is 1020. The molecule has 1 saturated heterocycles. The number of carbonyl (C=O) groups excluding carboxylic acids is 1. The molecule has 4 rings (SSSR count). The maximum absolute atomic E-state index is 13.0. The fourth-order valence-electron chi connectivity index (χ4n) is 3.51. The highest BCUT2D eigenvalue weighted by Crippen LogP contribution is 2.29. The highest BCUT2D eigenvalue weighted by atomic mass is 32.2. The molecule has 1 fully saturated rings. The molecule has 7 nitrogen and oxygen atoms in total. The third kappa shape index (κ3) is 5.34. The summed E-state index contributed by atoms with van der Waals surface area (Å²) >= 11 is 3.00. The first-order valence-electron chi connectivity index (χ1n) is 10.2. The van der Waals surface area contributed by atoms with Gasteiger partial charge in [-0.1, -0.05) is 36.0 Å². The van der Waals surface area contributed by atoms with Gasteiger partial charge in [0.2, 0.25) is 5.91 Å². The van der Waals surface area contributed by atoms with E-state index in [0.29, 0.717) is 18.2 Å². The molecule has 3 aromatic rings. The number of nitriles is 1. The number of nitrogens with zero attached hydrogens (tertiary/aromatic N) is 5. The largest absolute Gasteiger partial charge is 0.376 e. The van der Waals surface area contributed by atoms with Crippen molar-refractivity contribution < 1.29 is 9.53 Å². The van der Waals surface area contributed by atoms with Crippen LogP contribution >= 0.6 is 23.1 Å². The van der Waals surface area contributed by atoms with Gasteiger partial charge in [0.25, 0.3) is 0 Å². The van der Waals surface area contributed by atoms with Crippen LogP contribution in [0.15, 0.2) is 53.0 Å². The van der Waals surface area contributed by atoms with Crippen molar-refractivity contribution in [1.29, 1.82) is 5.26 Å². The van der Waals surface area contributed by atoms with Crippen molar-refractivity contribution in [3.05, 3.63) is 47.8 Å². The summed E-state index contributed by atoms with van der Waals surface area (Å²) in [5, 5.41) is 20.5. The molecular weight excluding hydrogens is 430 g/mol. The van der Waals surface area contributed by atoms with E-state index in [1.165, 1.54) is 11.8 Å². The molecule has 0 bridgehead atoms. The second-order valence-corrected chi connectivity index (χ2v) is 9.00. The van der Waals surface area contributed by atoms with Gasteiger partial charge in [0.15, 0.2) is 11.0 Å². The Morgan fingerprint density at radius 3 is 2.87 bits per heavy atom. The van der Waals surface area contributed by atoms with E-state index in [9.17, 15) is 4.79 Å². The minimum Gasteiger partial charge on any atom is -0.376 e. The number of para-hydroxylation sites is 1. The van der Waals surface area contributed by atoms with E-state index in [0.717, 1.165) is 35.8 Å². The quantitative estimate of drug-likeness (QED) is 0.451. The van der Waals surface area contributed by atoms with Crippen LogP contribution in [0, 0.1) is 11.3 Å². The number of aromatic nitrogens is 3. The van der Waals surface area contributed by atoms with E-state index in [4.69, 9.17) is 10.00 Å². The standard InChI is InChI=1S/C22H23N5O2S2/c23-11-6-12-26(17-7-2-1-3-8-17)20(28)16-31-22-25-24-21(19-10-5-14-30-19)27(22)15-18-9-4-13-29-18/h1-3,5,7-8,10,14,18H,4,6,9,12-13,15-16H2/t18-/m1/s1. The lowest BCUT2D eigenvalue weighted by atomic mass is 10.2. The summed E-state index contributed by atoms with van der Waals surface area (Å²) in [6.07, 6.45) is 2.50. The van der Waals surface area contributed by atoms with Crippen LogP contribution < -0.4 is 4.90 Å². The molecule has 3 heterocycles. The van der Waals surface area contributed by atoms with E-state index in [-0.39, 0.29) is 24.2 Å². The van der Waals surface area contributed by atoms with E-state index in [2.05, 4.69) is 20.8 Å². The Hall–Kier alpha value is -2.67. The maximum Gasteiger partial charge on any atom is 0.237 e. The average molecular weight is 454 g/mol. The smallest absolute Gasteiger partial charge is 0.237 e. The molecule has 0 aliphatic carbocycles. The Balaban J connectivity index is 1.51. The molecule has 0 radical (unpaired) electrons. The van der Waals surface area contributed by atoms with Gasteiger partial charge in [-0.25, -0.2) is 0 Å². The molecule has 1 atom stereocenters. The number of carbonyl (C=O) groups is 1. The predicted molar refractivity (Wildman–Crippen MR) is 122 cm³/mol. The van der Waals surface area contributed by atoms with E-state index in [1.54, 1.807) is 16.2 Å². The summed E-state index contributed by atoms with van der Waals surface area (Å²) in [5.41, 5.74) is 0.795. The monoisotopic (exact) mass is 453 g/mol. The van der Waals surface area contributed by atoms with Gasteiger partial charge >= 0.3 is 0 Å². The molecule has 1 amide bonds. The van der Waals surface area contributed by atoms with Crippen molar-refractivity contribution in [1.82, 2.24) is 14.8 Å². The van der Waals surface area contributed by atoms with Gasteiger partial charge in [-0.05, 0) is 36.4 Å². The number of anilines is 1. The van der Waals surface area contributed by atoms with Crippen LogP contribution in [0.4, 0.5) is 5.69 Å². The Labute approximate surface area is 189 Å². The first kappa shape index (κ1) is 21.6. The maximum atomic E-state index is 13.0. The number of amides is 1. The summed E-state index contributed by atoms with van der Waals surface area (Å²) in [7, 11) is 0. The van der Waals surface area contributed by atoms with Gasteiger partial charge in [-0.15, -0.1) is 21.5 Å². The summed E-state index contributed by atoms with van der Waals surface area (Å²) in [6, 6.07) is 15.6. The second kappa shape index (κ2) is 10.6. The molecule has 9 heteroatoms. The normalized spacial score (nSPS) is 15.6. The predicted octanol–water partition coefficient (Wildman–Crippen LogP) is 4.22. The molecule has 2 aromatic heterocycles. The number of thiophene rings is 1. The minimum absolute atomic E-state index is 0.0595. The minimum atomic E-state index is -0.0595. The Morgan fingerprint density at radius 2 is 2.16 bits per heavy atom. The van der Waals surface area contributed by atoms with Gasteiger partial charge < -0.3 is 9.64 Å². The number of thioether (sulfide) groups is 1. The van der Waals surface area contributed by atoms with Crippen LogP contribution in [-0.2, 0) is 16.1 Å². The lowest BCUT2D eigenvalue weighted by Gasteiger charge is -2.21. The molecule has 1 aromatic carbocycles. The van der Waals surface area contributed by atoms with Crippen LogP contribution in [0.25, 0.3) is 10.7 Å². The first-order chi connectivity index (χ1) is 15.3. The molecule has 160 valence electrons. The van der Waals surface area contributed by atoms with Gasteiger partial charge in [-0.2, -0.15) is 5.26 Å². The SMILES string of the molecule is N#CCCN(C(=O)CSc1nnc(-c2cccs2)n1C[C@H]1CCCO1)c1ccccc1. The molecule has 0 unspecified atom stereocenters. The Morgan fingerprint density at radius 1 is 1.29 bits per heavy atom.